The van der Waals surface area contributed by atoms with Crippen molar-refractivity contribution in [3.63, 3.8) is 0 Å². The van der Waals surface area contributed by atoms with E-state index in [0.29, 0.717) is 6.54 Å². The molecule has 0 amide bonds. The quantitative estimate of drug-likeness (QED) is 0.761. The SMILES string of the molecule is Cc1nnsc1C(O)C(C)(C)CN. The fourth-order valence-corrected chi connectivity index (χ4v) is 1.80. The Morgan fingerprint density at radius 2 is 2.23 bits per heavy atom. The van der Waals surface area contributed by atoms with Gasteiger partial charge in [0.25, 0.3) is 0 Å². The number of aliphatic hydroxyl groups is 1. The summed E-state index contributed by atoms with van der Waals surface area (Å²) in [6.45, 7) is 6.13. The van der Waals surface area contributed by atoms with E-state index in [4.69, 9.17) is 5.73 Å². The zero-order valence-corrected chi connectivity index (χ0v) is 8.93. The van der Waals surface area contributed by atoms with Gasteiger partial charge in [0.2, 0.25) is 0 Å². The molecule has 0 spiro atoms. The van der Waals surface area contributed by atoms with Crippen LogP contribution in [0.3, 0.4) is 0 Å². The Morgan fingerprint density at radius 1 is 1.62 bits per heavy atom. The molecule has 5 heteroatoms. The minimum atomic E-state index is -0.572. The van der Waals surface area contributed by atoms with Crippen molar-refractivity contribution in [3.8, 4) is 0 Å². The second-order valence-electron chi connectivity index (χ2n) is 3.82. The van der Waals surface area contributed by atoms with Crippen LogP contribution in [0, 0.1) is 12.3 Å². The van der Waals surface area contributed by atoms with Crippen molar-refractivity contribution >= 4 is 11.5 Å². The Bertz CT molecular complexity index is 285. The summed E-state index contributed by atoms with van der Waals surface area (Å²) < 4.78 is 3.78. The van der Waals surface area contributed by atoms with Crippen molar-refractivity contribution < 1.29 is 5.11 Å². The largest absolute Gasteiger partial charge is 0.387 e. The first-order valence-electron chi connectivity index (χ1n) is 4.16. The molecule has 1 heterocycles. The average Bonchev–Trinajstić information content (AvgIpc) is 2.50. The van der Waals surface area contributed by atoms with Gasteiger partial charge in [0.05, 0.1) is 16.7 Å². The van der Waals surface area contributed by atoms with Crippen LogP contribution in [0.1, 0.15) is 30.5 Å². The van der Waals surface area contributed by atoms with Gasteiger partial charge < -0.3 is 10.8 Å². The maximum atomic E-state index is 9.97. The summed E-state index contributed by atoms with van der Waals surface area (Å²) in [5.74, 6) is 0. The van der Waals surface area contributed by atoms with E-state index in [-0.39, 0.29) is 5.41 Å². The number of nitrogens with two attached hydrogens (primary N) is 1. The van der Waals surface area contributed by atoms with Crippen molar-refractivity contribution in [3.05, 3.63) is 10.6 Å². The number of hydrogen-bond donors (Lipinski definition) is 2. The minimum absolute atomic E-state index is 0.320. The van der Waals surface area contributed by atoms with E-state index >= 15 is 0 Å². The van der Waals surface area contributed by atoms with Crippen molar-refractivity contribution in [2.45, 2.75) is 26.9 Å². The van der Waals surface area contributed by atoms with E-state index in [2.05, 4.69) is 9.59 Å². The molecular formula is C8H15N3OS. The molecule has 0 fully saturated rings. The monoisotopic (exact) mass is 201 g/mol. The molecule has 0 bridgehead atoms. The Hall–Kier alpha value is -0.520. The van der Waals surface area contributed by atoms with E-state index < -0.39 is 6.10 Å². The van der Waals surface area contributed by atoms with E-state index in [1.165, 1.54) is 11.5 Å². The summed E-state index contributed by atoms with van der Waals surface area (Å²) >= 11 is 1.23. The van der Waals surface area contributed by atoms with E-state index in [0.717, 1.165) is 10.6 Å². The fraction of sp³-hybridized carbons (Fsp3) is 0.750. The van der Waals surface area contributed by atoms with Crippen molar-refractivity contribution in [1.29, 1.82) is 0 Å². The highest BCUT2D eigenvalue weighted by atomic mass is 32.1. The first kappa shape index (κ1) is 10.6. The van der Waals surface area contributed by atoms with E-state index in [1.807, 2.05) is 20.8 Å². The van der Waals surface area contributed by atoms with Gasteiger partial charge in [-0.2, -0.15) is 0 Å². The van der Waals surface area contributed by atoms with Gasteiger partial charge in [-0.15, -0.1) is 5.10 Å². The third-order valence-corrected chi connectivity index (χ3v) is 3.08. The van der Waals surface area contributed by atoms with Crippen LogP contribution in [-0.4, -0.2) is 21.2 Å². The molecule has 13 heavy (non-hydrogen) atoms. The molecule has 0 radical (unpaired) electrons. The van der Waals surface area contributed by atoms with E-state index in [1.54, 1.807) is 0 Å². The maximum Gasteiger partial charge on any atom is 0.0979 e. The molecule has 0 saturated carbocycles. The molecule has 1 rings (SSSR count). The second-order valence-corrected chi connectivity index (χ2v) is 4.60. The molecular weight excluding hydrogens is 186 g/mol. The van der Waals surface area contributed by atoms with Gasteiger partial charge in [0.15, 0.2) is 0 Å². The third-order valence-electron chi connectivity index (χ3n) is 2.20. The van der Waals surface area contributed by atoms with Crippen LogP contribution in [0.5, 0.6) is 0 Å². The Morgan fingerprint density at radius 3 is 2.62 bits per heavy atom. The van der Waals surface area contributed by atoms with Crippen molar-refractivity contribution in [2.24, 2.45) is 11.1 Å². The number of hydrogen-bond acceptors (Lipinski definition) is 5. The summed E-state index contributed by atoms with van der Waals surface area (Å²) in [7, 11) is 0. The molecule has 0 aromatic carbocycles. The third kappa shape index (κ3) is 2.04. The maximum absolute atomic E-state index is 9.97. The van der Waals surface area contributed by atoms with Crippen LogP contribution in [0.25, 0.3) is 0 Å². The standard InChI is InChI=1S/C8H15N3OS/c1-5-6(13-11-10-5)7(12)8(2,3)4-9/h7,12H,4,9H2,1-3H3. The molecule has 1 atom stereocenters. The van der Waals surface area contributed by atoms with Gasteiger partial charge in [-0.25, -0.2) is 0 Å². The van der Waals surface area contributed by atoms with E-state index in [9.17, 15) is 5.11 Å². The molecule has 1 aromatic heterocycles. The predicted molar refractivity (Wildman–Crippen MR) is 52.4 cm³/mol. The summed E-state index contributed by atoms with van der Waals surface area (Å²) in [6, 6.07) is 0. The first-order valence-corrected chi connectivity index (χ1v) is 4.93. The molecule has 1 unspecified atom stereocenters. The Kier molecular flexibility index (Phi) is 3.00. The average molecular weight is 201 g/mol. The summed E-state index contributed by atoms with van der Waals surface area (Å²) in [6.07, 6.45) is -0.572. The van der Waals surface area contributed by atoms with Crippen LogP contribution in [0.2, 0.25) is 0 Å². The van der Waals surface area contributed by atoms with Crippen LogP contribution >= 0.6 is 11.5 Å². The number of aliphatic hydroxyl groups excluding tert-OH is 1. The zero-order valence-electron chi connectivity index (χ0n) is 8.11. The molecule has 0 aliphatic rings. The van der Waals surface area contributed by atoms with Gasteiger partial charge in [0.1, 0.15) is 0 Å². The highest BCUT2D eigenvalue weighted by Gasteiger charge is 2.30. The molecule has 1 aromatic rings. The smallest absolute Gasteiger partial charge is 0.0979 e. The number of aromatic nitrogens is 2. The molecule has 0 saturated heterocycles. The Balaban J connectivity index is 2.91. The molecule has 74 valence electrons. The van der Waals surface area contributed by atoms with Crippen molar-refractivity contribution in [2.75, 3.05) is 6.54 Å². The lowest BCUT2D eigenvalue weighted by Gasteiger charge is -2.27. The van der Waals surface area contributed by atoms with Crippen LogP contribution in [0.4, 0.5) is 0 Å². The summed E-state index contributed by atoms with van der Waals surface area (Å²) in [4.78, 5) is 0.815. The fourth-order valence-electron chi connectivity index (χ4n) is 0.955. The topological polar surface area (TPSA) is 72.0 Å². The molecule has 0 aliphatic carbocycles. The lowest BCUT2D eigenvalue weighted by atomic mass is 9.85. The summed E-state index contributed by atoms with van der Waals surface area (Å²) in [5, 5.41) is 13.8. The normalized spacial score (nSPS) is 14.5. The van der Waals surface area contributed by atoms with Crippen LogP contribution < -0.4 is 5.73 Å². The van der Waals surface area contributed by atoms with Gasteiger partial charge in [-0.3, -0.25) is 0 Å². The number of nitrogens with zero attached hydrogens (tertiary/aromatic N) is 2. The van der Waals surface area contributed by atoms with Crippen LogP contribution in [-0.2, 0) is 0 Å². The highest BCUT2D eigenvalue weighted by molar-refractivity contribution is 7.05. The number of rotatable bonds is 3. The summed E-state index contributed by atoms with van der Waals surface area (Å²) in [5.41, 5.74) is 6.04. The first-order chi connectivity index (χ1) is 5.99. The second kappa shape index (κ2) is 3.69. The lowest BCUT2D eigenvalue weighted by Crippen LogP contribution is -2.30. The zero-order chi connectivity index (χ0) is 10.1. The lowest BCUT2D eigenvalue weighted by molar-refractivity contribution is 0.0579. The van der Waals surface area contributed by atoms with Crippen molar-refractivity contribution in [1.82, 2.24) is 9.59 Å². The predicted octanol–water partition coefficient (Wildman–Crippen LogP) is 0.865. The van der Waals surface area contributed by atoms with Gasteiger partial charge in [0, 0.05) is 12.0 Å². The van der Waals surface area contributed by atoms with Gasteiger partial charge in [-0.1, -0.05) is 18.3 Å². The molecule has 3 N–H and O–H groups in total. The van der Waals surface area contributed by atoms with Gasteiger partial charge in [-0.05, 0) is 18.5 Å². The number of aryl methyl sites for hydroxylation is 1. The molecule has 4 nitrogen and oxygen atoms in total. The Labute approximate surface area is 81.9 Å². The molecule has 0 aliphatic heterocycles. The minimum Gasteiger partial charge on any atom is -0.387 e. The highest BCUT2D eigenvalue weighted by Crippen LogP contribution is 2.34. The van der Waals surface area contributed by atoms with Gasteiger partial charge >= 0.3 is 0 Å². The van der Waals surface area contributed by atoms with Crippen LogP contribution in [0.15, 0.2) is 0 Å².